The molecule has 1 amide bonds. The molecule has 0 radical (unpaired) electrons. The Morgan fingerprint density at radius 3 is 2.75 bits per heavy atom. The second-order valence-electron chi connectivity index (χ2n) is 5.01. The summed E-state index contributed by atoms with van der Waals surface area (Å²) in [4.78, 5) is 11.2. The molecule has 0 spiro atoms. The quantitative estimate of drug-likeness (QED) is 0.801. The van der Waals surface area contributed by atoms with Crippen molar-refractivity contribution in [3.05, 3.63) is 0 Å². The molecule has 0 aliphatic heterocycles. The molecule has 0 aromatic rings. The molecule has 0 heterocycles. The third-order valence-corrected chi connectivity index (χ3v) is 3.31. The lowest BCUT2D eigenvalue weighted by Crippen LogP contribution is -2.39. The first-order valence-corrected chi connectivity index (χ1v) is 6.13. The largest absolute Gasteiger partial charge is 0.355 e. The van der Waals surface area contributed by atoms with Crippen LogP contribution in [0.4, 0.5) is 0 Å². The van der Waals surface area contributed by atoms with Crippen LogP contribution in [0.3, 0.4) is 0 Å². The molecule has 3 atom stereocenters. The minimum absolute atomic E-state index is 0. The molecular formula is C12H25ClN2O. The molecule has 1 aliphatic rings. The zero-order valence-corrected chi connectivity index (χ0v) is 11.2. The number of nitrogens with one attached hydrogen (secondary N) is 1. The minimum atomic E-state index is -0.379. The van der Waals surface area contributed by atoms with Gasteiger partial charge >= 0.3 is 0 Å². The van der Waals surface area contributed by atoms with Crippen LogP contribution >= 0.6 is 12.4 Å². The summed E-state index contributed by atoms with van der Waals surface area (Å²) in [6.45, 7) is 4.84. The summed E-state index contributed by atoms with van der Waals surface area (Å²) in [5.41, 5.74) is 5.47. The number of amides is 1. The van der Waals surface area contributed by atoms with Gasteiger partial charge in [0.15, 0.2) is 0 Å². The van der Waals surface area contributed by atoms with Crippen molar-refractivity contribution >= 4 is 18.3 Å². The average Bonchev–Trinajstić information content (AvgIpc) is 2.17. The molecule has 1 fully saturated rings. The van der Waals surface area contributed by atoms with Gasteiger partial charge in [0.25, 0.3) is 0 Å². The molecule has 1 saturated carbocycles. The molecular weight excluding hydrogens is 224 g/mol. The van der Waals surface area contributed by atoms with Crippen LogP contribution in [0.15, 0.2) is 0 Å². The lowest BCUT2D eigenvalue weighted by Gasteiger charge is -2.26. The van der Waals surface area contributed by atoms with Crippen molar-refractivity contribution in [1.29, 1.82) is 0 Å². The summed E-state index contributed by atoms with van der Waals surface area (Å²) in [5, 5.41) is 2.88. The highest BCUT2D eigenvalue weighted by atomic mass is 35.5. The minimum Gasteiger partial charge on any atom is -0.355 e. The van der Waals surface area contributed by atoms with Crippen LogP contribution in [0.25, 0.3) is 0 Å². The van der Waals surface area contributed by atoms with Crippen molar-refractivity contribution in [1.82, 2.24) is 5.32 Å². The van der Waals surface area contributed by atoms with Gasteiger partial charge < -0.3 is 11.1 Å². The van der Waals surface area contributed by atoms with Crippen LogP contribution in [0.1, 0.15) is 46.0 Å². The van der Waals surface area contributed by atoms with Crippen molar-refractivity contribution in [3.8, 4) is 0 Å². The van der Waals surface area contributed by atoms with Gasteiger partial charge in [-0.15, -0.1) is 12.4 Å². The van der Waals surface area contributed by atoms with Gasteiger partial charge in [-0.2, -0.15) is 0 Å². The van der Waals surface area contributed by atoms with Crippen LogP contribution in [-0.2, 0) is 4.79 Å². The van der Waals surface area contributed by atoms with E-state index < -0.39 is 0 Å². The highest BCUT2D eigenvalue weighted by molar-refractivity contribution is 5.85. The number of halogens is 1. The average molecular weight is 249 g/mol. The van der Waals surface area contributed by atoms with E-state index in [1.54, 1.807) is 6.92 Å². The van der Waals surface area contributed by atoms with E-state index in [-0.39, 0.29) is 24.4 Å². The molecule has 3 N–H and O–H groups in total. The zero-order valence-electron chi connectivity index (χ0n) is 10.4. The molecule has 0 aromatic carbocycles. The number of nitrogens with two attached hydrogens (primary N) is 1. The summed E-state index contributed by atoms with van der Waals surface area (Å²) in [6.07, 6.45) is 6.50. The first-order valence-electron chi connectivity index (χ1n) is 6.13. The molecule has 3 unspecified atom stereocenters. The Hall–Kier alpha value is -0.280. The predicted molar refractivity (Wildman–Crippen MR) is 69.6 cm³/mol. The molecule has 0 bridgehead atoms. The van der Waals surface area contributed by atoms with Gasteiger partial charge in [-0.25, -0.2) is 0 Å². The molecule has 1 rings (SSSR count). The van der Waals surface area contributed by atoms with Crippen molar-refractivity contribution in [2.75, 3.05) is 6.54 Å². The van der Waals surface area contributed by atoms with E-state index in [4.69, 9.17) is 5.73 Å². The van der Waals surface area contributed by atoms with Gasteiger partial charge in [0.1, 0.15) is 0 Å². The maximum absolute atomic E-state index is 11.2. The maximum Gasteiger partial charge on any atom is 0.236 e. The van der Waals surface area contributed by atoms with Gasteiger partial charge in [-0.1, -0.05) is 26.2 Å². The summed E-state index contributed by atoms with van der Waals surface area (Å²) in [5.74, 6) is 1.65. The van der Waals surface area contributed by atoms with Gasteiger partial charge in [0, 0.05) is 6.54 Å². The normalized spacial score (nSPS) is 26.7. The van der Waals surface area contributed by atoms with Crippen LogP contribution in [0.5, 0.6) is 0 Å². The number of hydrogen-bond donors (Lipinski definition) is 2. The van der Waals surface area contributed by atoms with Crippen LogP contribution < -0.4 is 11.1 Å². The molecule has 96 valence electrons. The Morgan fingerprint density at radius 2 is 2.19 bits per heavy atom. The second kappa shape index (κ2) is 7.91. The van der Waals surface area contributed by atoms with Crippen molar-refractivity contribution in [2.45, 2.75) is 52.0 Å². The van der Waals surface area contributed by atoms with Crippen molar-refractivity contribution in [2.24, 2.45) is 17.6 Å². The summed E-state index contributed by atoms with van der Waals surface area (Å²) in [7, 11) is 0. The standard InChI is InChI=1S/C12H24N2O.ClH/c1-9-4-3-5-11(8-9)6-7-14-12(15)10(2)13;/h9-11H,3-8,13H2,1-2H3,(H,14,15);1H. The third kappa shape index (κ3) is 5.71. The molecule has 16 heavy (non-hydrogen) atoms. The summed E-state index contributed by atoms with van der Waals surface area (Å²) >= 11 is 0. The van der Waals surface area contributed by atoms with Crippen LogP contribution in [0, 0.1) is 11.8 Å². The Balaban J connectivity index is 0.00000225. The molecule has 4 heteroatoms. The Labute approximate surface area is 105 Å². The summed E-state index contributed by atoms with van der Waals surface area (Å²) < 4.78 is 0. The maximum atomic E-state index is 11.2. The van der Waals surface area contributed by atoms with Gasteiger partial charge in [0.2, 0.25) is 5.91 Å². The lowest BCUT2D eigenvalue weighted by atomic mass is 9.81. The van der Waals surface area contributed by atoms with E-state index >= 15 is 0 Å². The SMILES string of the molecule is CC1CCCC(CCNC(=O)C(C)N)C1.Cl. The lowest BCUT2D eigenvalue weighted by molar-refractivity contribution is -0.122. The van der Waals surface area contributed by atoms with E-state index in [0.29, 0.717) is 0 Å². The Bertz CT molecular complexity index is 209. The molecule has 3 nitrogen and oxygen atoms in total. The number of carbonyl (C=O) groups excluding carboxylic acids is 1. The fourth-order valence-corrected chi connectivity index (χ4v) is 2.38. The smallest absolute Gasteiger partial charge is 0.236 e. The van der Waals surface area contributed by atoms with Gasteiger partial charge in [0.05, 0.1) is 6.04 Å². The topological polar surface area (TPSA) is 55.1 Å². The first kappa shape index (κ1) is 15.7. The fraction of sp³-hybridized carbons (Fsp3) is 0.917. The number of carbonyl (C=O) groups is 1. The fourth-order valence-electron chi connectivity index (χ4n) is 2.38. The zero-order chi connectivity index (χ0) is 11.3. The highest BCUT2D eigenvalue weighted by Gasteiger charge is 2.18. The monoisotopic (exact) mass is 248 g/mol. The van der Waals surface area contributed by atoms with E-state index in [9.17, 15) is 4.79 Å². The highest BCUT2D eigenvalue weighted by Crippen LogP contribution is 2.30. The van der Waals surface area contributed by atoms with E-state index in [2.05, 4.69) is 12.2 Å². The Morgan fingerprint density at radius 1 is 1.50 bits per heavy atom. The Kier molecular flexibility index (Phi) is 7.77. The molecule has 1 aliphatic carbocycles. The van der Waals surface area contributed by atoms with Crippen LogP contribution in [-0.4, -0.2) is 18.5 Å². The first-order chi connectivity index (χ1) is 7.09. The predicted octanol–water partition coefficient (Wildman–Crippen LogP) is 2.09. The molecule has 0 saturated heterocycles. The second-order valence-corrected chi connectivity index (χ2v) is 5.01. The van der Waals surface area contributed by atoms with E-state index in [1.807, 2.05) is 0 Å². The van der Waals surface area contributed by atoms with Crippen molar-refractivity contribution < 1.29 is 4.79 Å². The number of hydrogen-bond acceptors (Lipinski definition) is 2. The van der Waals surface area contributed by atoms with E-state index in [0.717, 1.165) is 24.8 Å². The number of rotatable bonds is 4. The summed E-state index contributed by atoms with van der Waals surface area (Å²) in [6, 6.07) is -0.379. The van der Waals surface area contributed by atoms with Gasteiger partial charge in [-0.05, 0) is 31.6 Å². The molecule has 0 aromatic heterocycles. The van der Waals surface area contributed by atoms with Gasteiger partial charge in [-0.3, -0.25) is 4.79 Å². The van der Waals surface area contributed by atoms with E-state index in [1.165, 1.54) is 25.7 Å². The third-order valence-electron chi connectivity index (χ3n) is 3.31. The van der Waals surface area contributed by atoms with Crippen molar-refractivity contribution in [3.63, 3.8) is 0 Å². The van der Waals surface area contributed by atoms with Crippen LogP contribution in [0.2, 0.25) is 0 Å².